The molecule has 0 aromatic rings. The molecule has 0 radical (unpaired) electrons. The maximum atomic E-state index is 3.78. The van der Waals surface area contributed by atoms with E-state index in [1.165, 1.54) is 38.9 Å². The van der Waals surface area contributed by atoms with Crippen molar-refractivity contribution in [2.75, 3.05) is 19.6 Å². The molecular formula is C16H34N2. The van der Waals surface area contributed by atoms with Crippen LogP contribution in [0.3, 0.4) is 0 Å². The Bertz CT molecular complexity index is 237. The van der Waals surface area contributed by atoms with E-state index in [4.69, 9.17) is 0 Å². The lowest BCUT2D eigenvalue weighted by molar-refractivity contribution is 0.0690. The summed E-state index contributed by atoms with van der Waals surface area (Å²) < 4.78 is 0. The van der Waals surface area contributed by atoms with Crippen LogP contribution in [0.4, 0.5) is 0 Å². The molecule has 1 fully saturated rings. The summed E-state index contributed by atoms with van der Waals surface area (Å²) in [5.74, 6) is 1.61. The van der Waals surface area contributed by atoms with Crippen LogP contribution in [-0.2, 0) is 0 Å². The lowest BCUT2D eigenvalue weighted by Crippen LogP contribution is -2.63. The van der Waals surface area contributed by atoms with Gasteiger partial charge in [-0.25, -0.2) is 0 Å². The lowest BCUT2D eigenvalue weighted by Gasteiger charge is -2.47. The van der Waals surface area contributed by atoms with Crippen LogP contribution in [-0.4, -0.2) is 36.1 Å². The fourth-order valence-corrected chi connectivity index (χ4v) is 2.83. The highest BCUT2D eigenvalue weighted by atomic mass is 15.2. The molecule has 1 N–H and O–H groups in total. The molecule has 2 nitrogen and oxygen atoms in total. The summed E-state index contributed by atoms with van der Waals surface area (Å²) in [6.07, 6.45) is 3.87. The van der Waals surface area contributed by atoms with Crippen molar-refractivity contribution in [3.8, 4) is 0 Å². The van der Waals surface area contributed by atoms with Gasteiger partial charge in [0.05, 0.1) is 0 Å². The predicted octanol–water partition coefficient (Wildman–Crippen LogP) is 3.52. The summed E-state index contributed by atoms with van der Waals surface area (Å²) in [6.45, 7) is 17.7. The third-order valence-corrected chi connectivity index (χ3v) is 4.35. The average molecular weight is 254 g/mol. The number of nitrogens with one attached hydrogen (secondary N) is 1. The number of hydrogen-bond acceptors (Lipinski definition) is 2. The van der Waals surface area contributed by atoms with Crippen LogP contribution in [0, 0.1) is 11.8 Å². The molecular weight excluding hydrogens is 220 g/mol. The summed E-state index contributed by atoms with van der Waals surface area (Å²) in [4.78, 5) is 2.75. The van der Waals surface area contributed by atoms with E-state index in [0.29, 0.717) is 5.54 Å². The fraction of sp³-hybridized carbons (Fsp3) is 1.00. The first-order valence-electron chi connectivity index (χ1n) is 7.85. The zero-order valence-electron chi connectivity index (χ0n) is 13.4. The van der Waals surface area contributed by atoms with Gasteiger partial charge in [-0.2, -0.15) is 0 Å². The van der Waals surface area contributed by atoms with Crippen LogP contribution < -0.4 is 5.32 Å². The second-order valence-corrected chi connectivity index (χ2v) is 7.23. The van der Waals surface area contributed by atoms with Crippen molar-refractivity contribution < 1.29 is 0 Å². The first-order valence-corrected chi connectivity index (χ1v) is 7.85. The molecule has 0 saturated carbocycles. The summed E-state index contributed by atoms with van der Waals surface area (Å²) in [7, 11) is 0. The van der Waals surface area contributed by atoms with Crippen LogP contribution in [0.1, 0.15) is 60.8 Å². The van der Waals surface area contributed by atoms with Crippen molar-refractivity contribution in [2.24, 2.45) is 11.8 Å². The molecule has 0 spiro atoms. The fourth-order valence-electron chi connectivity index (χ4n) is 2.83. The number of rotatable bonds is 6. The minimum absolute atomic E-state index is 0.324. The number of nitrogens with zero attached hydrogens (tertiary/aromatic N) is 1. The topological polar surface area (TPSA) is 15.3 Å². The van der Waals surface area contributed by atoms with E-state index in [0.717, 1.165) is 17.9 Å². The van der Waals surface area contributed by atoms with E-state index in [1.54, 1.807) is 0 Å². The Balaban J connectivity index is 2.60. The van der Waals surface area contributed by atoms with Crippen LogP contribution in [0.2, 0.25) is 0 Å². The molecule has 1 rings (SSSR count). The van der Waals surface area contributed by atoms with Crippen molar-refractivity contribution in [3.63, 3.8) is 0 Å². The predicted molar refractivity (Wildman–Crippen MR) is 81.0 cm³/mol. The molecule has 1 heterocycles. The molecule has 2 heteroatoms. The molecule has 18 heavy (non-hydrogen) atoms. The summed E-state index contributed by atoms with van der Waals surface area (Å²) in [5, 5.41) is 3.78. The molecule has 1 aliphatic heterocycles. The minimum Gasteiger partial charge on any atom is -0.309 e. The van der Waals surface area contributed by atoms with Crippen molar-refractivity contribution in [2.45, 2.75) is 72.4 Å². The Hall–Kier alpha value is -0.0800. The van der Waals surface area contributed by atoms with E-state index < -0.39 is 0 Å². The van der Waals surface area contributed by atoms with Gasteiger partial charge < -0.3 is 5.32 Å². The van der Waals surface area contributed by atoms with Gasteiger partial charge in [0.1, 0.15) is 0 Å². The van der Waals surface area contributed by atoms with E-state index in [9.17, 15) is 0 Å². The average Bonchev–Trinajstić information content (AvgIpc) is 2.29. The Kier molecular flexibility index (Phi) is 6.13. The van der Waals surface area contributed by atoms with Gasteiger partial charge in [-0.3, -0.25) is 4.90 Å². The summed E-state index contributed by atoms with van der Waals surface area (Å²) >= 11 is 0. The molecule has 0 bridgehead atoms. The zero-order chi connectivity index (χ0) is 13.8. The normalized spacial score (nSPS) is 30.3. The SMILES string of the molecule is CCC1(C)CN(CCC(C)C)C(CC(C)C)CN1. The van der Waals surface area contributed by atoms with Gasteiger partial charge in [-0.1, -0.05) is 34.6 Å². The summed E-state index contributed by atoms with van der Waals surface area (Å²) in [6, 6.07) is 0.739. The zero-order valence-corrected chi connectivity index (χ0v) is 13.4. The third-order valence-electron chi connectivity index (χ3n) is 4.35. The standard InChI is InChI=1S/C16H34N2/c1-7-16(6)12-18(9-8-13(2)3)15(11-17-16)10-14(4)5/h13-15,17H,7-12H2,1-6H3. The van der Waals surface area contributed by atoms with Crippen molar-refractivity contribution in [1.82, 2.24) is 10.2 Å². The molecule has 2 atom stereocenters. The van der Waals surface area contributed by atoms with Crippen LogP contribution in [0.5, 0.6) is 0 Å². The van der Waals surface area contributed by atoms with E-state index in [-0.39, 0.29) is 0 Å². The Morgan fingerprint density at radius 2 is 1.89 bits per heavy atom. The van der Waals surface area contributed by atoms with Gasteiger partial charge in [-0.05, 0) is 44.6 Å². The van der Waals surface area contributed by atoms with E-state index >= 15 is 0 Å². The van der Waals surface area contributed by atoms with Crippen LogP contribution in [0.15, 0.2) is 0 Å². The Labute approximate surface area is 115 Å². The largest absolute Gasteiger partial charge is 0.309 e. The molecule has 0 aromatic heterocycles. The maximum absolute atomic E-state index is 3.78. The summed E-state index contributed by atoms with van der Waals surface area (Å²) in [5.41, 5.74) is 0.324. The Morgan fingerprint density at radius 1 is 1.22 bits per heavy atom. The van der Waals surface area contributed by atoms with Gasteiger partial charge in [-0.15, -0.1) is 0 Å². The molecule has 1 saturated heterocycles. The van der Waals surface area contributed by atoms with Gasteiger partial charge in [0, 0.05) is 24.7 Å². The van der Waals surface area contributed by atoms with Crippen LogP contribution >= 0.6 is 0 Å². The molecule has 0 aliphatic carbocycles. The maximum Gasteiger partial charge on any atom is 0.0278 e. The molecule has 0 aromatic carbocycles. The monoisotopic (exact) mass is 254 g/mol. The second kappa shape index (κ2) is 6.91. The highest BCUT2D eigenvalue weighted by molar-refractivity contribution is 4.94. The second-order valence-electron chi connectivity index (χ2n) is 7.23. The third kappa shape index (κ3) is 4.89. The number of hydrogen-bond donors (Lipinski definition) is 1. The Morgan fingerprint density at radius 3 is 2.39 bits per heavy atom. The lowest BCUT2D eigenvalue weighted by atomic mass is 9.90. The van der Waals surface area contributed by atoms with E-state index in [2.05, 4.69) is 51.8 Å². The van der Waals surface area contributed by atoms with Crippen molar-refractivity contribution in [3.05, 3.63) is 0 Å². The van der Waals surface area contributed by atoms with Gasteiger partial charge >= 0.3 is 0 Å². The molecule has 108 valence electrons. The first-order chi connectivity index (χ1) is 8.36. The van der Waals surface area contributed by atoms with Gasteiger partial charge in [0.2, 0.25) is 0 Å². The first kappa shape index (κ1) is 16.0. The van der Waals surface area contributed by atoms with Crippen molar-refractivity contribution in [1.29, 1.82) is 0 Å². The highest BCUT2D eigenvalue weighted by Crippen LogP contribution is 2.23. The molecule has 0 amide bonds. The smallest absolute Gasteiger partial charge is 0.0278 e. The molecule has 2 unspecified atom stereocenters. The van der Waals surface area contributed by atoms with Crippen molar-refractivity contribution >= 4 is 0 Å². The highest BCUT2D eigenvalue weighted by Gasteiger charge is 2.34. The minimum atomic E-state index is 0.324. The van der Waals surface area contributed by atoms with E-state index in [1.807, 2.05) is 0 Å². The van der Waals surface area contributed by atoms with Crippen LogP contribution in [0.25, 0.3) is 0 Å². The quantitative estimate of drug-likeness (QED) is 0.780. The number of piperazine rings is 1. The van der Waals surface area contributed by atoms with Gasteiger partial charge in [0.15, 0.2) is 0 Å². The molecule has 1 aliphatic rings. The van der Waals surface area contributed by atoms with Gasteiger partial charge in [0.25, 0.3) is 0 Å².